The summed E-state index contributed by atoms with van der Waals surface area (Å²) in [5.41, 5.74) is 2.59. The fraction of sp³-hybridized carbons (Fsp3) is 0.500. The second-order valence-corrected chi connectivity index (χ2v) is 4.25. The Morgan fingerprint density at radius 3 is 3.00 bits per heavy atom. The van der Waals surface area contributed by atoms with E-state index in [2.05, 4.69) is 11.1 Å². The SMILES string of the molecule is O=C1OCCN1c1nccc2c1CCCC2. The molecule has 0 N–H and O–H groups in total. The summed E-state index contributed by atoms with van der Waals surface area (Å²) in [4.78, 5) is 17.5. The molecule has 0 radical (unpaired) electrons. The van der Waals surface area contributed by atoms with Crippen LogP contribution in [0.5, 0.6) is 0 Å². The smallest absolute Gasteiger partial charge is 0.415 e. The number of aryl methyl sites for hydroxylation is 1. The van der Waals surface area contributed by atoms with E-state index in [0.717, 1.165) is 18.7 Å². The zero-order valence-corrected chi connectivity index (χ0v) is 9.11. The number of carbonyl (C=O) groups excluding carboxylic acids is 1. The van der Waals surface area contributed by atoms with Crippen LogP contribution in [0.4, 0.5) is 10.6 Å². The van der Waals surface area contributed by atoms with Gasteiger partial charge < -0.3 is 4.74 Å². The van der Waals surface area contributed by atoms with E-state index in [4.69, 9.17) is 4.74 Å². The minimum Gasteiger partial charge on any atom is -0.447 e. The summed E-state index contributed by atoms with van der Waals surface area (Å²) in [6.07, 6.45) is 6.10. The molecule has 4 heteroatoms. The molecule has 1 fully saturated rings. The summed E-state index contributed by atoms with van der Waals surface area (Å²) < 4.78 is 4.96. The van der Waals surface area contributed by atoms with Crippen LogP contribution in [0.15, 0.2) is 12.3 Å². The lowest BCUT2D eigenvalue weighted by Gasteiger charge is -2.21. The number of nitrogens with zero attached hydrogens (tertiary/aromatic N) is 2. The average Bonchev–Trinajstić information content (AvgIpc) is 2.75. The molecule has 1 aromatic rings. The molecule has 0 spiro atoms. The number of aromatic nitrogens is 1. The lowest BCUT2D eigenvalue weighted by Crippen LogP contribution is -2.26. The van der Waals surface area contributed by atoms with Crippen molar-refractivity contribution in [2.45, 2.75) is 25.7 Å². The Hall–Kier alpha value is -1.58. The van der Waals surface area contributed by atoms with Crippen LogP contribution in [-0.2, 0) is 17.6 Å². The predicted octanol–water partition coefficient (Wildman–Crippen LogP) is 1.92. The minimum absolute atomic E-state index is 0.258. The first-order valence-corrected chi connectivity index (χ1v) is 5.77. The van der Waals surface area contributed by atoms with Gasteiger partial charge in [0.25, 0.3) is 0 Å². The van der Waals surface area contributed by atoms with Gasteiger partial charge in [0.2, 0.25) is 0 Å². The zero-order chi connectivity index (χ0) is 11.0. The molecule has 0 saturated carbocycles. The molecule has 2 aliphatic rings. The maximum atomic E-state index is 11.5. The number of rotatable bonds is 1. The highest BCUT2D eigenvalue weighted by atomic mass is 16.6. The van der Waals surface area contributed by atoms with Crippen LogP contribution in [0.1, 0.15) is 24.0 Å². The molecular weight excluding hydrogens is 204 g/mol. The first-order chi connectivity index (χ1) is 7.86. The van der Waals surface area contributed by atoms with E-state index < -0.39 is 0 Å². The van der Waals surface area contributed by atoms with Crippen molar-refractivity contribution in [3.63, 3.8) is 0 Å². The molecule has 1 aromatic heterocycles. The Kier molecular flexibility index (Phi) is 2.27. The van der Waals surface area contributed by atoms with Crippen molar-refractivity contribution < 1.29 is 9.53 Å². The fourth-order valence-electron chi connectivity index (χ4n) is 2.46. The van der Waals surface area contributed by atoms with Gasteiger partial charge in [0.1, 0.15) is 12.4 Å². The van der Waals surface area contributed by atoms with Gasteiger partial charge in [-0.2, -0.15) is 0 Å². The van der Waals surface area contributed by atoms with E-state index in [1.54, 1.807) is 11.1 Å². The Labute approximate surface area is 94.2 Å². The number of cyclic esters (lactones) is 1. The lowest BCUT2D eigenvalue weighted by atomic mass is 9.92. The second kappa shape index (κ2) is 3.77. The summed E-state index contributed by atoms with van der Waals surface area (Å²) in [5, 5.41) is 0. The van der Waals surface area contributed by atoms with Crippen molar-refractivity contribution in [2.75, 3.05) is 18.1 Å². The van der Waals surface area contributed by atoms with E-state index in [9.17, 15) is 4.79 Å². The first-order valence-electron chi connectivity index (χ1n) is 5.77. The number of fused-ring (bicyclic) bond motifs is 1. The number of hydrogen-bond donors (Lipinski definition) is 0. The third-order valence-corrected chi connectivity index (χ3v) is 3.27. The van der Waals surface area contributed by atoms with Gasteiger partial charge in [-0.1, -0.05) is 0 Å². The van der Waals surface area contributed by atoms with Gasteiger partial charge in [0.05, 0.1) is 6.54 Å². The Balaban J connectivity index is 2.03. The van der Waals surface area contributed by atoms with Crippen molar-refractivity contribution in [1.82, 2.24) is 4.98 Å². The molecule has 0 aromatic carbocycles. The topological polar surface area (TPSA) is 42.4 Å². The summed E-state index contributed by atoms with van der Waals surface area (Å²) in [6.45, 7) is 1.10. The van der Waals surface area contributed by atoms with Gasteiger partial charge >= 0.3 is 6.09 Å². The van der Waals surface area contributed by atoms with Crippen molar-refractivity contribution in [1.29, 1.82) is 0 Å². The van der Waals surface area contributed by atoms with Crippen LogP contribution in [0, 0.1) is 0 Å². The van der Waals surface area contributed by atoms with Crippen LogP contribution >= 0.6 is 0 Å². The Morgan fingerprint density at radius 1 is 1.31 bits per heavy atom. The number of ether oxygens (including phenoxy) is 1. The maximum absolute atomic E-state index is 11.5. The van der Waals surface area contributed by atoms with E-state index in [1.807, 2.05) is 0 Å². The highest BCUT2D eigenvalue weighted by Gasteiger charge is 2.28. The van der Waals surface area contributed by atoms with Crippen molar-refractivity contribution in [3.05, 3.63) is 23.4 Å². The molecular formula is C12H14N2O2. The maximum Gasteiger partial charge on any atom is 0.415 e. The van der Waals surface area contributed by atoms with Gasteiger partial charge in [0, 0.05) is 6.20 Å². The normalized spacial score (nSPS) is 19.5. The monoisotopic (exact) mass is 218 g/mol. The number of pyridine rings is 1. The molecule has 0 atom stereocenters. The Bertz CT molecular complexity index is 431. The highest BCUT2D eigenvalue weighted by Crippen LogP contribution is 2.29. The molecule has 1 aliphatic carbocycles. The molecule has 3 rings (SSSR count). The van der Waals surface area contributed by atoms with Crippen molar-refractivity contribution >= 4 is 11.9 Å². The summed E-state index contributed by atoms with van der Waals surface area (Å²) in [6, 6.07) is 2.07. The molecule has 1 aliphatic heterocycles. The van der Waals surface area contributed by atoms with Crippen LogP contribution in [-0.4, -0.2) is 24.2 Å². The first kappa shape index (κ1) is 9.63. The van der Waals surface area contributed by atoms with E-state index in [-0.39, 0.29) is 6.09 Å². The fourth-order valence-corrected chi connectivity index (χ4v) is 2.46. The minimum atomic E-state index is -0.258. The van der Waals surface area contributed by atoms with Gasteiger partial charge in [-0.05, 0) is 42.9 Å². The average molecular weight is 218 g/mol. The molecule has 84 valence electrons. The number of amides is 1. The zero-order valence-electron chi connectivity index (χ0n) is 9.11. The second-order valence-electron chi connectivity index (χ2n) is 4.25. The molecule has 2 heterocycles. The molecule has 4 nitrogen and oxygen atoms in total. The number of carbonyl (C=O) groups is 1. The Morgan fingerprint density at radius 2 is 2.19 bits per heavy atom. The predicted molar refractivity (Wildman–Crippen MR) is 59.6 cm³/mol. The molecule has 1 amide bonds. The molecule has 0 bridgehead atoms. The van der Waals surface area contributed by atoms with Crippen molar-refractivity contribution in [2.24, 2.45) is 0 Å². The standard InChI is InChI=1S/C12H14N2O2/c15-12-14(7-8-16-12)11-10-4-2-1-3-9(10)5-6-13-11/h5-6H,1-4,7-8H2. The largest absolute Gasteiger partial charge is 0.447 e. The third kappa shape index (κ3) is 1.45. The van der Waals surface area contributed by atoms with Crippen LogP contribution in [0.25, 0.3) is 0 Å². The van der Waals surface area contributed by atoms with Gasteiger partial charge in [0.15, 0.2) is 0 Å². The van der Waals surface area contributed by atoms with Crippen molar-refractivity contribution in [3.8, 4) is 0 Å². The molecule has 1 saturated heterocycles. The summed E-state index contributed by atoms with van der Waals surface area (Å²) >= 11 is 0. The van der Waals surface area contributed by atoms with Gasteiger partial charge in [-0.15, -0.1) is 0 Å². The van der Waals surface area contributed by atoms with Crippen LogP contribution in [0.2, 0.25) is 0 Å². The molecule has 16 heavy (non-hydrogen) atoms. The number of anilines is 1. The van der Waals surface area contributed by atoms with E-state index in [0.29, 0.717) is 13.2 Å². The third-order valence-electron chi connectivity index (χ3n) is 3.27. The lowest BCUT2D eigenvalue weighted by molar-refractivity contribution is 0.181. The van der Waals surface area contributed by atoms with E-state index in [1.165, 1.54) is 24.0 Å². The summed E-state index contributed by atoms with van der Waals surface area (Å²) in [7, 11) is 0. The van der Waals surface area contributed by atoms with Gasteiger partial charge in [-0.25, -0.2) is 9.78 Å². The van der Waals surface area contributed by atoms with Gasteiger partial charge in [-0.3, -0.25) is 4.90 Å². The van der Waals surface area contributed by atoms with E-state index >= 15 is 0 Å². The van der Waals surface area contributed by atoms with Crippen LogP contribution in [0.3, 0.4) is 0 Å². The number of hydrogen-bond acceptors (Lipinski definition) is 3. The van der Waals surface area contributed by atoms with Crippen LogP contribution < -0.4 is 4.90 Å². The quantitative estimate of drug-likeness (QED) is 0.723. The molecule has 0 unspecified atom stereocenters. The summed E-state index contributed by atoms with van der Waals surface area (Å²) in [5.74, 6) is 0.819. The highest BCUT2D eigenvalue weighted by molar-refractivity contribution is 5.89.